The van der Waals surface area contributed by atoms with Crippen LogP contribution in [0.5, 0.6) is 0 Å². The minimum absolute atomic E-state index is 0.205. The van der Waals surface area contributed by atoms with E-state index in [1.54, 1.807) is 6.92 Å². The largest absolute Gasteiger partial charge is 0.389 e. The number of carbonyl (C=O) groups is 1. The minimum Gasteiger partial charge on any atom is -0.389 e. The summed E-state index contributed by atoms with van der Waals surface area (Å²) in [6, 6.07) is 7.76. The molecule has 3 rings (SSSR count). The molecule has 1 amide bonds. The number of aliphatic hydroxyl groups excluding tert-OH is 1. The molecule has 1 aliphatic heterocycles. The van der Waals surface area contributed by atoms with Crippen molar-refractivity contribution in [1.82, 2.24) is 10.6 Å². The predicted octanol–water partition coefficient (Wildman–Crippen LogP) is 1.75. The van der Waals surface area contributed by atoms with E-state index in [1.165, 1.54) is 0 Å². The van der Waals surface area contributed by atoms with E-state index in [4.69, 9.17) is 0 Å². The maximum absolute atomic E-state index is 12.3. The van der Waals surface area contributed by atoms with Crippen molar-refractivity contribution in [3.63, 3.8) is 0 Å². The summed E-state index contributed by atoms with van der Waals surface area (Å²) in [5.41, 5.74) is 2.28. The van der Waals surface area contributed by atoms with Gasteiger partial charge in [0.05, 0.1) is 6.10 Å². The number of piperidine rings is 1. The summed E-state index contributed by atoms with van der Waals surface area (Å²) in [5, 5.41) is 15.9. The van der Waals surface area contributed by atoms with E-state index in [0.29, 0.717) is 12.0 Å². The molecular formula is C17H24N2O2. The van der Waals surface area contributed by atoms with E-state index in [0.717, 1.165) is 43.5 Å². The first-order valence-electron chi connectivity index (χ1n) is 7.86. The van der Waals surface area contributed by atoms with Crippen LogP contribution in [0.25, 0.3) is 0 Å². The quantitative estimate of drug-likeness (QED) is 0.791. The van der Waals surface area contributed by atoms with Crippen molar-refractivity contribution in [3.05, 3.63) is 35.4 Å². The summed E-state index contributed by atoms with van der Waals surface area (Å²) >= 11 is 0. The zero-order valence-electron chi connectivity index (χ0n) is 12.6. The molecule has 4 nitrogen and oxygen atoms in total. The summed E-state index contributed by atoms with van der Waals surface area (Å²) in [7, 11) is 0. The lowest BCUT2D eigenvalue weighted by Crippen LogP contribution is -2.33. The summed E-state index contributed by atoms with van der Waals surface area (Å²) in [6.45, 7) is 4.42. The van der Waals surface area contributed by atoms with Crippen LogP contribution in [0.2, 0.25) is 0 Å². The zero-order chi connectivity index (χ0) is 14.9. The molecule has 1 heterocycles. The standard InChI is InChI=1S/C17H24N2O2/c1-12(20)14-4-2-13(3-5-14)11-19-16(21)15-10-17(15)6-8-18-9-7-17/h2-5,12,15,18,20H,6-11H2,1H3,(H,19,21). The highest BCUT2D eigenvalue weighted by Crippen LogP contribution is 2.58. The molecule has 4 heteroatoms. The second kappa shape index (κ2) is 5.78. The molecule has 1 aromatic carbocycles. The average molecular weight is 288 g/mol. The third-order valence-electron chi connectivity index (χ3n) is 5.03. The van der Waals surface area contributed by atoms with Gasteiger partial charge in [-0.1, -0.05) is 24.3 Å². The Hall–Kier alpha value is -1.39. The third kappa shape index (κ3) is 3.11. The third-order valence-corrected chi connectivity index (χ3v) is 5.03. The van der Waals surface area contributed by atoms with Crippen molar-refractivity contribution in [2.24, 2.45) is 11.3 Å². The van der Waals surface area contributed by atoms with Gasteiger partial charge in [-0.2, -0.15) is 0 Å². The number of aliphatic hydroxyl groups is 1. The van der Waals surface area contributed by atoms with Crippen LogP contribution in [0.1, 0.15) is 43.4 Å². The Kier molecular flexibility index (Phi) is 4.00. The molecule has 2 aliphatic rings. The van der Waals surface area contributed by atoms with Crippen molar-refractivity contribution in [2.45, 2.75) is 38.8 Å². The lowest BCUT2D eigenvalue weighted by molar-refractivity contribution is -0.123. The van der Waals surface area contributed by atoms with Crippen LogP contribution < -0.4 is 10.6 Å². The number of nitrogens with one attached hydrogen (secondary N) is 2. The first-order chi connectivity index (χ1) is 10.1. The van der Waals surface area contributed by atoms with Crippen molar-refractivity contribution < 1.29 is 9.90 Å². The average Bonchev–Trinajstić information content (AvgIpc) is 3.19. The Labute approximate surface area is 125 Å². The van der Waals surface area contributed by atoms with Gasteiger partial charge in [-0.15, -0.1) is 0 Å². The van der Waals surface area contributed by atoms with E-state index in [1.807, 2.05) is 24.3 Å². The number of carbonyl (C=O) groups excluding carboxylic acids is 1. The van der Waals surface area contributed by atoms with Crippen LogP contribution >= 0.6 is 0 Å². The number of benzene rings is 1. The van der Waals surface area contributed by atoms with Gasteiger partial charge in [0.2, 0.25) is 5.91 Å². The van der Waals surface area contributed by atoms with Gasteiger partial charge in [0.1, 0.15) is 0 Å². The van der Waals surface area contributed by atoms with Crippen LogP contribution in [-0.4, -0.2) is 24.1 Å². The number of rotatable bonds is 4. The van der Waals surface area contributed by atoms with E-state index in [2.05, 4.69) is 10.6 Å². The fourth-order valence-electron chi connectivity index (χ4n) is 3.42. The topological polar surface area (TPSA) is 61.4 Å². The molecule has 3 N–H and O–H groups in total. The van der Waals surface area contributed by atoms with Crippen LogP contribution in [0, 0.1) is 11.3 Å². The summed E-state index contributed by atoms with van der Waals surface area (Å²) in [6.07, 6.45) is 2.88. The molecule has 2 atom stereocenters. The fraction of sp³-hybridized carbons (Fsp3) is 0.588. The molecule has 114 valence electrons. The van der Waals surface area contributed by atoms with Gasteiger partial charge in [-0.25, -0.2) is 0 Å². The molecule has 2 unspecified atom stereocenters. The van der Waals surface area contributed by atoms with Gasteiger partial charge in [0, 0.05) is 12.5 Å². The SMILES string of the molecule is CC(O)c1ccc(CNC(=O)C2CC23CCNCC3)cc1. The molecule has 1 aromatic rings. The monoisotopic (exact) mass is 288 g/mol. The molecule has 0 aromatic heterocycles. The molecule has 1 saturated heterocycles. The number of amides is 1. The molecule has 1 aliphatic carbocycles. The molecule has 0 bridgehead atoms. The van der Waals surface area contributed by atoms with E-state index >= 15 is 0 Å². The highest BCUT2D eigenvalue weighted by atomic mass is 16.3. The van der Waals surface area contributed by atoms with Gasteiger partial charge >= 0.3 is 0 Å². The number of hydrogen-bond acceptors (Lipinski definition) is 3. The Balaban J connectivity index is 1.50. The van der Waals surface area contributed by atoms with Crippen LogP contribution in [0.4, 0.5) is 0 Å². The Morgan fingerprint density at radius 2 is 2.05 bits per heavy atom. The molecule has 2 fully saturated rings. The van der Waals surface area contributed by atoms with Gasteiger partial charge in [0.25, 0.3) is 0 Å². The molecule has 1 spiro atoms. The van der Waals surface area contributed by atoms with Crippen molar-refractivity contribution in [2.75, 3.05) is 13.1 Å². The second-order valence-electron chi connectivity index (χ2n) is 6.50. The van der Waals surface area contributed by atoms with Crippen molar-refractivity contribution in [1.29, 1.82) is 0 Å². The first kappa shape index (κ1) is 14.5. The van der Waals surface area contributed by atoms with Crippen LogP contribution in [0.15, 0.2) is 24.3 Å². The lowest BCUT2D eigenvalue weighted by Gasteiger charge is -2.23. The van der Waals surface area contributed by atoms with E-state index in [-0.39, 0.29) is 11.8 Å². The summed E-state index contributed by atoms with van der Waals surface area (Å²) < 4.78 is 0. The Bertz CT molecular complexity index is 504. The smallest absolute Gasteiger partial charge is 0.223 e. The second-order valence-corrected chi connectivity index (χ2v) is 6.50. The van der Waals surface area contributed by atoms with Gasteiger partial charge in [-0.3, -0.25) is 4.79 Å². The lowest BCUT2D eigenvalue weighted by atomic mass is 9.92. The maximum Gasteiger partial charge on any atom is 0.223 e. The molecule has 0 radical (unpaired) electrons. The van der Waals surface area contributed by atoms with Crippen molar-refractivity contribution >= 4 is 5.91 Å². The summed E-state index contributed by atoms with van der Waals surface area (Å²) in [5.74, 6) is 0.424. The molecule has 21 heavy (non-hydrogen) atoms. The Morgan fingerprint density at radius 3 is 2.67 bits per heavy atom. The van der Waals surface area contributed by atoms with Crippen LogP contribution in [0.3, 0.4) is 0 Å². The van der Waals surface area contributed by atoms with Gasteiger partial charge < -0.3 is 15.7 Å². The fourth-order valence-corrected chi connectivity index (χ4v) is 3.42. The first-order valence-corrected chi connectivity index (χ1v) is 7.86. The zero-order valence-corrected chi connectivity index (χ0v) is 12.6. The highest BCUT2D eigenvalue weighted by molar-refractivity contribution is 5.82. The van der Waals surface area contributed by atoms with E-state index < -0.39 is 6.10 Å². The summed E-state index contributed by atoms with van der Waals surface area (Å²) in [4.78, 5) is 12.3. The van der Waals surface area contributed by atoms with Crippen LogP contribution in [-0.2, 0) is 11.3 Å². The molecular weight excluding hydrogens is 264 g/mol. The highest BCUT2D eigenvalue weighted by Gasteiger charge is 2.57. The minimum atomic E-state index is -0.445. The van der Waals surface area contributed by atoms with Crippen molar-refractivity contribution in [3.8, 4) is 0 Å². The Morgan fingerprint density at radius 1 is 1.38 bits per heavy atom. The number of hydrogen-bond donors (Lipinski definition) is 3. The van der Waals surface area contributed by atoms with Gasteiger partial charge in [0.15, 0.2) is 0 Å². The van der Waals surface area contributed by atoms with E-state index in [9.17, 15) is 9.90 Å². The maximum atomic E-state index is 12.3. The normalized spacial score (nSPS) is 24.6. The van der Waals surface area contributed by atoms with Gasteiger partial charge in [-0.05, 0) is 55.8 Å². The molecule has 1 saturated carbocycles. The predicted molar refractivity (Wildman–Crippen MR) is 81.6 cm³/mol.